The highest BCUT2D eigenvalue weighted by molar-refractivity contribution is 7.91. The molecule has 0 spiro atoms. The summed E-state index contributed by atoms with van der Waals surface area (Å²) in [6, 6.07) is 4.63. The van der Waals surface area contributed by atoms with Gasteiger partial charge < -0.3 is 5.32 Å². The molecule has 0 amide bonds. The van der Waals surface area contributed by atoms with Gasteiger partial charge in [-0.25, -0.2) is 8.42 Å². The van der Waals surface area contributed by atoms with Gasteiger partial charge in [-0.2, -0.15) is 0 Å². The van der Waals surface area contributed by atoms with Crippen LogP contribution in [0.25, 0.3) is 0 Å². The number of hydrogen-bond acceptors (Lipinski definition) is 3. The second-order valence-electron chi connectivity index (χ2n) is 4.14. The van der Waals surface area contributed by atoms with Crippen molar-refractivity contribution in [1.29, 1.82) is 0 Å². The Bertz CT molecular complexity index is 503. The fourth-order valence-electron chi connectivity index (χ4n) is 1.61. The van der Waals surface area contributed by atoms with Crippen molar-refractivity contribution in [3.63, 3.8) is 0 Å². The van der Waals surface area contributed by atoms with Gasteiger partial charge in [-0.05, 0) is 38.1 Å². The first-order chi connectivity index (χ1) is 8.36. The van der Waals surface area contributed by atoms with Crippen molar-refractivity contribution in [2.75, 3.05) is 12.3 Å². The van der Waals surface area contributed by atoms with Crippen LogP contribution in [0.1, 0.15) is 20.3 Å². The van der Waals surface area contributed by atoms with E-state index in [1.807, 2.05) is 13.8 Å². The molecule has 0 aliphatic carbocycles. The van der Waals surface area contributed by atoms with Crippen molar-refractivity contribution in [3.8, 4) is 0 Å². The highest BCUT2D eigenvalue weighted by atomic mass is 35.5. The molecule has 0 heterocycles. The maximum Gasteiger partial charge on any atom is 0.179 e. The van der Waals surface area contributed by atoms with Crippen LogP contribution in [0.15, 0.2) is 23.1 Å². The minimum atomic E-state index is -3.38. The third-order valence-electron chi connectivity index (χ3n) is 2.60. The Morgan fingerprint density at radius 2 is 2.00 bits per heavy atom. The van der Waals surface area contributed by atoms with Crippen LogP contribution in [0.2, 0.25) is 10.0 Å². The maximum absolute atomic E-state index is 12.1. The third-order valence-corrected chi connectivity index (χ3v) is 5.06. The molecular formula is C12H17Cl2NO2S. The zero-order valence-electron chi connectivity index (χ0n) is 10.4. The van der Waals surface area contributed by atoms with E-state index in [0.717, 1.165) is 6.54 Å². The van der Waals surface area contributed by atoms with E-state index in [2.05, 4.69) is 5.32 Å². The summed E-state index contributed by atoms with van der Waals surface area (Å²) in [5, 5.41) is 3.76. The average molecular weight is 310 g/mol. The van der Waals surface area contributed by atoms with Crippen LogP contribution in [-0.2, 0) is 9.84 Å². The number of rotatable bonds is 6. The lowest BCUT2D eigenvalue weighted by molar-refractivity contribution is 0.541. The number of sulfone groups is 1. The molecule has 0 bridgehead atoms. The first kappa shape index (κ1) is 15.8. The van der Waals surface area contributed by atoms with Gasteiger partial charge in [0, 0.05) is 11.1 Å². The first-order valence-corrected chi connectivity index (χ1v) is 8.19. The monoisotopic (exact) mass is 309 g/mol. The van der Waals surface area contributed by atoms with Crippen molar-refractivity contribution >= 4 is 33.0 Å². The second kappa shape index (κ2) is 6.75. The molecule has 0 saturated heterocycles. The van der Waals surface area contributed by atoms with Crippen molar-refractivity contribution < 1.29 is 8.42 Å². The zero-order valence-corrected chi connectivity index (χ0v) is 12.7. The van der Waals surface area contributed by atoms with Crippen molar-refractivity contribution in [2.45, 2.75) is 31.2 Å². The van der Waals surface area contributed by atoms with Crippen LogP contribution in [0, 0.1) is 0 Å². The normalized spacial score (nSPS) is 13.6. The molecule has 0 aromatic heterocycles. The molecule has 1 atom stereocenters. The number of halogens is 2. The molecular weight excluding hydrogens is 293 g/mol. The van der Waals surface area contributed by atoms with Gasteiger partial charge in [-0.15, -0.1) is 0 Å². The van der Waals surface area contributed by atoms with Gasteiger partial charge in [0.15, 0.2) is 9.84 Å². The molecule has 0 aliphatic heterocycles. The summed E-state index contributed by atoms with van der Waals surface area (Å²) in [6.45, 7) is 4.76. The predicted octanol–water partition coefficient (Wildman–Crippen LogP) is 3.16. The van der Waals surface area contributed by atoms with E-state index in [1.54, 1.807) is 6.07 Å². The van der Waals surface area contributed by atoms with Crippen LogP contribution in [0.5, 0.6) is 0 Å². The highest BCUT2D eigenvalue weighted by Gasteiger charge is 2.19. The van der Waals surface area contributed by atoms with E-state index >= 15 is 0 Å². The topological polar surface area (TPSA) is 46.2 Å². The largest absolute Gasteiger partial charge is 0.314 e. The summed E-state index contributed by atoms with van der Waals surface area (Å²) in [5.74, 6) is 0.0568. The molecule has 6 heteroatoms. The van der Waals surface area contributed by atoms with Gasteiger partial charge in [0.05, 0.1) is 15.7 Å². The van der Waals surface area contributed by atoms with Crippen LogP contribution in [0.4, 0.5) is 0 Å². The van der Waals surface area contributed by atoms with Crippen molar-refractivity contribution in [1.82, 2.24) is 5.32 Å². The summed E-state index contributed by atoms with van der Waals surface area (Å²) in [7, 11) is -3.38. The summed E-state index contributed by atoms with van der Waals surface area (Å²) >= 11 is 11.7. The fourth-order valence-corrected chi connectivity index (χ4v) is 3.87. The Hall–Kier alpha value is -0.290. The molecule has 102 valence electrons. The van der Waals surface area contributed by atoms with E-state index in [-0.39, 0.29) is 21.7 Å². The smallest absolute Gasteiger partial charge is 0.179 e. The molecule has 1 aromatic rings. The standard InChI is InChI=1S/C12H17Cl2NO2S/c1-3-15-9(2)6-7-18(16,17)12-8-10(13)4-5-11(12)14/h4-5,8-9,15H,3,6-7H2,1-2H3. The third kappa shape index (κ3) is 4.43. The van der Waals surface area contributed by atoms with Gasteiger partial charge in [0.25, 0.3) is 0 Å². The average Bonchev–Trinajstić information content (AvgIpc) is 2.30. The van der Waals surface area contributed by atoms with Crippen LogP contribution >= 0.6 is 23.2 Å². The molecule has 0 fully saturated rings. The predicted molar refractivity (Wildman–Crippen MR) is 76.3 cm³/mol. The Morgan fingerprint density at radius 1 is 1.33 bits per heavy atom. The Kier molecular flexibility index (Phi) is 5.92. The van der Waals surface area contributed by atoms with Crippen molar-refractivity contribution in [3.05, 3.63) is 28.2 Å². The lowest BCUT2D eigenvalue weighted by Gasteiger charge is -2.12. The van der Waals surface area contributed by atoms with E-state index in [0.29, 0.717) is 11.4 Å². The summed E-state index contributed by atoms with van der Waals surface area (Å²) in [5.41, 5.74) is 0. The molecule has 1 rings (SSSR count). The molecule has 0 radical (unpaired) electrons. The second-order valence-corrected chi connectivity index (χ2v) is 7.06. The van der Waals surface area contributed by atoms with E-state index in [9.17, 15) is 8.42 Å². The van der Waals surface area contributed by atoms with E-state index in [1.165, 1.54) is 12.1 Å². The molecule has 18 heavy (non-hydrogen) atoms. The fraction of sp³-hybridized carbons (Fsp3) is 0.500. The molecule has 0 saturated carbocycles. The van der Waals surface area contributed by atoms with Gasteiger partial charge >= 0.3 is 0 Å². The summed E-state index contributed by atoms with van der Waals surface area (Å²) < 4.78 is 24.3. The van der Waals surface area contributed by atoms with Gasteiger partial charge in [-0.3, -0.25) is 0 Å². The van der Waals surface area contributed by atoms with E-state index in [4.69, 9.17) is 23.2 Å². The minimum absolute atomic E-state index is 0.0568. The molecule has 1 unspecified atom stereocenters. The Morgan fingerprint density at radius 3 is 2.61 bits per heavy atom. The Labute approximate surface area is 118 Å². The van der Waals surface area contributed by atoms with Gasteiger partial charge in [0.1, 0.15) is 0 Å². The van der Waals surface area contributed by atoms with Crippen LogP contribution < -0.4 is 5.32 Å². The molecule has 1 aromatic carbocycles. The van der Waals surface area contributed by atoms with Crippen LogP contribution in [-0.4, -0.2) is 26.8 Å². The number of nitrogens with one attached hydrogen (secondary N) is 1. The first-order valence-electron chi connectivity index (χ1n) is 5.78. The summed E-state index contributed by atoms with van der Waals surface area (Å²) in [4.78, 5) is 0.111. The maximum atomic E-state index is 12.1. The van der Waals surface area contributed by atoms with Crippen LogP contribution in [0.3, 0.4) is 0 Å². The summed E-state index contributed by atoms with van der Waals surface area (Å²) in [6.07, 6.45) is 0.541. The minimum Gasteiger partial charge on any atom is -0.314 e. The quantitative estimate of drug-likeness (QED) is 0.878. The number of benzene rings is 1. The van der Waals surface area contributed by atoms with Gasteiger partial charge in [-0.1, -0.05) is 30.1 Å². The molecule has 0 aliphatic rings. The lowest BCUT2D eigenvalue weighted by Crippen LogP contribution is -2.28. The zero-order chi connectivity index (χ0) is 13.8. The molecule has 1 N–H and O–H groups in total. The SMILES string of the molecule is CCNC(C)CCS(=O)(=O)c1cc(Cl)ccc1Cl. The molecule has 3 nitrogen and oxygen atoms in total. The Balaban J connectivity index is 2.83. The van der Waals surface area contributed by atoms with E-state index < -0.39 is 9.84 Å². The van der Waals surface area contributed by atoms with Crippen molar-refractivity contribution in [2.24, 2.45) is 0 Å². The van der Waals surface area contributed by atoms with Gasteiger partial charge in [0.2, 0.25) is 0 Å². The highest BCUT2D eigenvalue weighted by Crippen LogP contribution is 2.26. The number of hydrogen-bond donors (Lipinski definition) is 1. The lowest BCUT2D eigenvalue weighted by atomic mass is 10.3.